The van der Waals surface area contributed by atoms with Crippen LogP contribution in [0.3, 0.4) is 0 Å². The van der Waals surface area contributed by atoms with Gasteiger partial charge in [-0.3, -0.25) is 4.79 Å². The molecule has 2 heterocycles. The quantitative estimate of drug-likeness (QED) is 0.863. The van der Waals surface area contributed by atoms with Crippen molar-refractivity contribution in [3.63, 3.8) is 0 Å². The van der Waals surface area contributed by atoms with Crippen LogP contribution in [-0.2, 0) is 6.42 Å². The lowest BCUT2D eigenvalue weighted by atomic mass is 10.2. The Labute approximate surface area is 138 Å². The molecule has 1 unspecified atom stereocenters. The summed E-state index contributed by atoms with van der Waals surface area (Å²) in [5, 5.41) is 0. The van der Waals surface area contributed by atoms with Crippen molar-refractivity contribution in [1.29, 1.82) is 0 Å². The number of benzene rings is 1. The highest BCUT2D eigenvalue weighted by Crippen LogP contribution is 2.22. The molecule has 1 atom stereocenters. The van der Waals surface area contributed by atoms with Crippen molar-refractivity contribution >= 4 is 5.91 Å². The number of amides is 1. The van der Waals surface area contributed by atoms with Gasteiger partial charge in [0.1, 0.15) is 18.2 Å². The second-order valence-electron chi connectivity index (χ2n) is 5.55. The molecule has 0 aliphatic carbocycles. The molecule has 1 aliphatic rings. The summed E-state index contributed by atoms with van der Waals surface area (Å²) in [5.41, 5.74) is 0.317. The molecule has 0 saturated carbocycles. The number of carbonyl (C=O) groups is 1. The predicted molar refractivity (Wildman–Crippen MR) is 82.7 cm³/mol. The van der Waals surface area contributed by atoms with Gasteiger partial charge in [0.15, 0.2) is 0 Å². The van der Waals surface area contributed by atoms with E-state index >= 15 is 0 Å². The first kappa shape index (κ1) is 16.3. The zero-order valence-electron chi connectivity index (χ0n) is 13.2. The highest BCUT2D eigenvalue weighted by molar-refractivity contribution is 5.94. The van der Waals surface area contributed by atoms with E-state index in [-0.39, 0.29) is 29.8 Å². The van der Waals surface area contributed by atoms with Crippen LogP contribution in [0.5, 0.6) is 5.88 Å². The van der Waals surface area contributed by atoms with Gasteiger partial charge in [-0.1, -0.05) is 19.1 Å². The van der Waals surface area contributed by atoms with Gasteiger partial charge in [0.2, 0.25) is 5.82 Å². The molecule has 0 N–H and O–H groups in total. The van der Waals surface area contributed by atoms with E-state index in [1.54, 1.807) is 13.0 Å². The van der Waals surface area contributed by atoms with Crippen molar-refractivity contribution in [1.82, 2.24) is 14.9 Å². The Morgan fingerprint density at radius 1 is 1.33 bits per heavy atom. The molecule has 3 rings (SSSR count). The van der Waals surface area contributed by atoms with Crippen LogP contribution >= 0.6 is 0 Å². The van der Waals surface area contributed by atoms with E-state index in [9.17, 15) is 13.6 Å². The van der Waals surface area contributed by atoms with Crippen molar-refractivity contribution < 1.29 is 18.3 Å². The molecule has 1 saturated heterocycles. The second kappa shape index (κ2) is 6.90. The van der Waals surface area contributed by atoms with Crippen LogP contribution < -0.4 is 4.74 Å². The third-order valence-electron chi connectivity index (χ3n) is 3.98. The van der Waals surface area contributed by atoms with E-state index in [0.29, 0.717) is 19.4 Å². The van der Waals surface area contributed by atoms with Gasteiger partial charge in [0, 0.05) is 13.0 Å². The summed E-state index contributed by atoms with van der Waals surface area (Å²) < 4.78 is 33.4. The SMILES string of the molecule is CCc1ncnc(OC2CCN(C(=O)c3ccccc3F)C2)c1F. The number of likely N-dealkylation sites (tertiary alicyclic amines) is 1. The number of rotatable bonds is 4. The van der Waals surface area contributed by atoms with Crippen LogP contribution in [0.25, 0.3) is 0 Å². The Morgan fingerprint density at radius 3 is 2.88 bits per heavy atom. The second-order valence-corrected chi connectivity index (χ2v) is 5.55. The fourth-order valence-electron chi connectivity index (χ4n) is 2.69. The zero-order chi connectivity index (χ0) is 17.1. The molecule has 0 spiro atoms. The van der Waals surface area contributed by atoms with Crippen molar-refractivity contribution in [2.45, 2.75) is 25.9 Å². The van der Waals surface area contributed by atoms with Gasteiger partial charge in [-0.25, -0.2) is 9.37 Å². The minimum Gasteiger partial charge on any atom is -0.470 e. The number of ether oxygens (including phenoxy) is 1. The predicted octanol–water partition coefficient (Wildman–Crippen LogP) is 2.61. The molecule has 5 nitrogen and oxygen atoms in total. The smallest absolute Gasteiger partial charge is 0.256 e. The number of nitrogens with zero attached hydrogens (tertiary/aromatic N) is 3. The molecule has 1 amide bonds. The van der Waals surface area contributed by atoms with Crippen LogP contribution in [0.4, 0.5) is 8.78 Å². The monoisotopic (exact) mass is 333 g/mol. The van der Waals surface area contributed by atoms with Gasteiger partial charge < -0.3 is 9.64 Å². The van der Waals surface area contributed by atoms with E-state index in [4.69, 9.17) is 4.74 Å². The average Bonchev–Trinajstić information content (AvgIpc) is 3.05. The van der Waals surface area contributed by atoms with Crippen molar-refractivity contribution in [3.8, 4) is 5.88 Å². The van der Waals surface area contributed by atoms with Crippen molar-refractivity contribution in [2.75, 3.05) is 13.1 Å². The topological polar surface area (TPSA) is 55.3 Å². The molecule has 1 aromatic carbocycles. The first-order chi connectivity index (χ1) is 11.6. The normalized spacial score (nSPS) is 17.1. The molecule has 0 bridgehead atoms. The molecule has 1 aromatic heterocycles. The standard InChI is InChI=1S/C17H17F2N3O2/c1-2-14-15(19)16(21-10-20-14)24-11-7-8-22(9-11)17(23)12-5-3-4-6-13(12)18/h3-6,10-11H,2,7-9H2,1H3. The fourth-order valence-corrected chi connectivity index (χ4v) is 2.69. The maximum absolute atomic E-state index is 14.1. The maximum Gasteiger partial charge on any atom is 0.256 e. The van der Waals surface area contributed by atoms with Gasteiger partial charge >= 0.3 is 0 Å². The zero-order valence-corrected chi connectivity index (χ0v) is 13.2. The number of hydrogen-bond donors (Lipinski definition) is 0. The third kappa shape index (κ3) is 3.20. The Balaban J connectivity index is 1.68. The summed E-state index contributed by atoms with van der Waals surface area (Å²) in [6.07, 6.45) is 1.85. The van der Waals surface area contributed by atoms with Crippen LogP contribution in [0, 0.1) is 11.6 Å². The molecule has 7 heteroatoms. The number of aryl methyl sites for hydroxylation is 1. The lowest BCUT2D eigenvalue weighted by Gasteiger charge is -2.17. The minimum atomic E-state index is -0.570. The summed E-state index contributed by atoms with van der Waals surface area (Å²) in [6.45, 7) is 2.48. The van der Waals surface area contributed by atoms with E-state index in [1.807, 2.05) is 0 Å². The lowest BCUT2D eigenvalue weighted by Crippen LogP contribution is -2.31. The number of aromatic nitrogens is 2. The molecule has 24 heavy (non-hydrogen) atoms. The van der Waals surface area contributed by atoms with E-state index < -0.39 is 17.5 Å². The summed E-state index contributed by atoms with van der Waals surface area (Å²) in [4.78, 5) is 21.5. The molecular weight excluding hydrogens is 316 g/mol. The molecule has 126 valence electrons. The molecule has 2 aromatic rings. The number of hydrogen-bond acceptors (Lipinski definition) is 4. The highest BCUT2D eigenvalue weighted by atomic mass is 19.1. The number of halogens is 2. The molecule has 1 aliphatic heterocycles. The van der Waals surface area contributed by atoms with Crippen LogP contribution in [0.1, 0.15) is 29.4 Å². The van der Waals surface area contributed by atoms with Crippen molar-refractivity contribution in [3.05, 3.63) is 53.5 Å². The molecular formula is C17H17F2N3O2. The summed E-state index contributed by atoms with van der Waals surface area (Å²) >= 11 is 0. The highest BCUT2D eigenvalue weighted by Gasteiger charge is 2.30. The summed E-state index contributed by atoms with van der Waals surface area (Å²) in [6, 6.07) is 5.84. The van der Waals surface area contributed by atoms with E-state index in [1.165, 1.54) is 29.4 Å². The largest absolute Gasteiger partial charge is 0.470 e. The fraction of sp³-hybridized carbons (Fsp3) is 0.353. The Kier molecular flexibility index (Phi) is 4.69. The van der Waals surface area contributed by atoms with Gasteiger partial charge in [0.25, 0.3) is 11.8 Å². The van der Waals surface area contributed by atoms with Gasteiger partial charge in [-0.2, -0.15) is 9.37 Å². The van der Waals surface area contributed by atoms with Gasteiger partial charge in [-0.05, 0) is 18.6 Å². The Bertz CT molecular complexity index is 754. The number of carbonyl (C=O) groups excluding carboxylic acids is 1. The lowest BCUT2D eigenvalue weighted by molar-refractivity contribution is 0.0765. The van der Waals surface area contributed by atoms with Crippen LogP contribution in [-0.4, -0.2) is 40.0 Å². The molecule has 1 fully saturated rings. The first-order valence-electron chi connectivity index (χ1n) is 7.80. The first-order valence-corrected chi connectivity index (χ1v) is 7.80. The summed E-state index contributed by atoms with van der Waals surface area (Å²) in [5.74, 6) is -1.62. The van der Waals surface area contributed by atoms with Crippen LogP contribution in [0.15, 0.2) is 30.6 Å². The van der Waals surface area contributed by atoms with Crippen molar-refractivity contribution in [2.24, 2.45) is 0 Å². The molecule has 0 radical (unpaired) electrons. The Hall–Kier alpha value is -2.57. The van der Waals surface area contributed by atoms with Gasteiger partial charge in [-0.15, -0.1) is 0 Å². The van der Waals surface area contributed by atoms with E-state index in [2.05, 4.69) is 9.97 Å². The van der Waals surface area contributed by atoms with Gasteiger partial charge in [0.05, 0.1) is 17.8 Å². The van der Waals surface area contributed by atoms with E-state index in [0.717, 1.165) is 0 Å². The van der Waals surface area contributed by atoms with Crippen LogP contribution in [0.2, 0.25) is 0 Å². The summed E-state index contributed by atoms with van der Waals surface area (Å²) in [7, 11) is 0. The average molecular weight is 333 g/mol. The maximum atomic E-state index is 14.1. The third-order valence-corrected chi connectivity index (χ3v) is 3.98. The minimum absolute atomic E-state index is 0.0274. The Morgan fingerprint density at radius 2 is 2.12 bits per heavy atom.